The van der Waals surface area contributed by atoms with Crippen LogP contribution in [0.25, 0.3) is 0 Å². The first-order valence-electron chi connectivity index (χ1n) is 7.31. The second-order valence-electron chi connectivity index (χ2n) is 5.59. The maximum Gasteiger partial charge on any atom is 0.247 e. The molecule has 0 N–H and O–H groups in total. The van der Waals surface area contributed by atoms with Gasteiger partial charge in [-0.1, -0.05) is 5.16 Å². The van der Waals surface area contributed by atoms with Gasteiger partial charge in [0.25, 0.3) is 0 Å². The maximum atomic E-state index is 13.1. The molecule has 126 valence electrons. The summed E-state index contributed by atoms with van der Waals surface area (Å²) >= 11 is 0. The molecule has 0 unspecified atom stereocenters. The Morgan fingerprint density at radius 2 is 2.04 bits per heavy atom. The minimum atomic E-state index is -3.76. The summed E-state index contributed by atoms with van der Waals surface area (Å²) in [5.41, 5.74) is 0. The van der Waals surface area contributed by atoms with Crippen molar-refractivity contribution in [1.29, 1.82) is 0 Å². The number of aromatic nitrogens is 2. The third-order valence-electron chi connectivity index (χ3n) is 3.83. The van der Waals surface area contributed by atoms with Crippen molar-refractivity contribution in [2.24, 2.45) is 0 Å². The van der Waals surface area contributed by atoms with Crippen LogP contribution in [0, 0.1) is 20.8 Å². The number of morpholine rings is 1. The lowest BCUT2D eigenvalue weighted by Crippen LogP contribution is -2.47. The number of hydrogen-bond donors (Lipinski definition) is 0. The summed E-state index contributed by atoms with van der Waals surface area (Å²) in [5, 5.41) is 3.76. The van der Waals surface area contributed by atoms with Crippen LogP contribution in [-0.2, 0) is 14.8 Å². The van der Waals surface area contributed by atoms with Gasteiger partial charge in [0.15, 0.2) is 5.82 Å². The summed E-state index contributed by atoms with van der Waals surface area (Å²) in [6.45, 7) is 7.34. The molecular weight excluding hydrogens is 322 g/mol. The largest absolute Gasteiger partial charge is 0.465 e. The zero-order valence-electron chi connectivity index (χ0n) is 13.4. The lowest BCUT2D eigenvalue weighted by molar-refractivity contribution is -0.0401. The molecular formula is C14H19N3O5S. The van der Waals surface area contributed by atoms with Crippen molar-refractivity contribution in [1.82, 2.24) is 14.4 Å². The van der Waals surface area contributed by atoms with Gasteiger partial charge in [0.05, 0.1) is 12.7 Å². The molecule has 0 amide bonds. The maximum absolute atomic E-state index is 13.1. The van der Waals surface area contributed by atoms with Crippen molar-refractivity contribution < 1.29 is 22.1 Å². The first-order valence-corrected chi connectivity index (χ1v) is 8.75. The summed E-state index contributed by atoms with van der Waals surface area (Å²) < 4.78 is 43.7. The summed E-state index contributed by atoms with van der Waals surface area (Å²) in [6.07, 6.45) is -0.397. The smallest absolute Gasteiger partial charge is 0.247 e. The Morgan fingerprint density at radius 1 is 1.30 bits per heavy atom. The average Bonchev–Trinajstić information content (AvgIpc) is 3.04. The predicted octanol–water partition coefficient (Wildman–Crippen LogP) is 1.74. The standard InChI is InChI=1S/C14H19N3O5S/c1-8-7-12(9(2)21-8)23(18,19)17-5-6-20-10(3)13(17)14-15-11(4)16-22-14/h7,10,13H,5-6H2,1-4H3/t10-,13+/m1/s1. The second-order valence-corrected chi connectivity index (χ2v) is 7.45. The molecule has 0 spiro atoms. The highest BCUT2D eigenvalue weighted by Gasteiger charge is 2.43. The predicted molar refractivity (Wildman–Crippen MR) is 79.3 cm³/mol. The number of nitrogens with zero attached hydrogens (tertiary/aromatic N) is 3. The van der Waals surface area contributed by atoms with Gasteiger partial charge in [0.1, 0.15) is 22.5 Å². The topological polar surface area (TPSA) is 98.7 Å². The van der Waals surface area contributed by atoms with Gasteiger partial charge < -0.3 is 13.7 Å². The molecule has 0 aromatic carbocycles. The molecule has 0 radical (unpaired) electrons. The molecule has 2 aromatic heterocycles. The van der Waals surface area contributed by atoms with E-state index in [1.165, 1.54) is 10.4 Å². The summed E-state index contributed by atoms with van der Waals surface area (Å²) in [4.78, 5) is 4.34. The van der Waals surface area contributed by atoms with E-state index in [-0.39, 0.29) is 17.3 Å². The molecule has 1 saturated heterocycles. The van der Waals surface area contributed by atoms with Crippen LogP contribution in [0.4, 0.5) is 0 Å². The summed E-state index contributed by atoms with van der Waals surface area (Å²) in [6, 6.07) is 0.866. The Bertz CT molecular complexity index is 810. The van der Waals surface area contributed by atoms with E-state index in [1.54, 1.807) is 27.7 Å². The molecule has 23 heavy (non-hydrogen) atoms. The molecule has 2 aromatic rings. The molecule has 2 atom stereocenters. The molecule has 3 heterocycles. The van der Waals surface area contributed by atoms with Gasteiger partial charge in [0, 0.05) is 6.54 Å². The van der Waals surface area contributed by atoms with Crippen LogP contribution in [0.1, 0.15) is 36.2 Å². The number of hydrogen-bond acceptors (Lipinski definition) is 7. The molecule has 1 aliphatic rings. The first-order chi connectivity index (χ1) is 10.8. The molecule has 3 rings (SSSR count). The Hall–Kier alpha value is -1.71. The van der Waals surface area contributed by atoms with Gasteiger partial charge in [-0.15, -0.1) is 0 Å². The van der Waals surface area contributed by atoms with E-state index >= 15 is 0 Å². The Morgan fingerprint density at radius 3 is 2.61 bits per heavy atom. The zero-order chi connectivity index (χ0) is 16.8. The molecule has 0 aliphatic carbocycles. The van der Waals surface area contributed by atoms with Gasteiger partial charge >= 0.3 is 0 Å². The molecule has 0 saturated carbocycles. The normalized spacial score (nSPS) is 23.3. The fraction of sp³-hybridized carbons (Fsp3) is 0.571. The van der Waals surface area contributed by atoms with E-state index in [2.05, 4.69) is 10.1 Å². The summed E-state index contributed by atoms with van der Waals surface area (Å²) in [7, 11) is -3.76. The van der Waals surface area contributed by atoms with Crippen LogP contribution in [-0.4, -0.2) is 42.1 Å². The van der Waals surface area contributed by atoms with Crippen LogP contribution in [0.3, 0.4) is 0 Å². The number of sulfonamides is 1. The monoisotopic (exact) mass is 341 g/mol. The van der Waals surface area contributed by atoms with E-state index in [4.69, 9.17) is 13.7 Å². The van der Waals surface area contributed by atoms with Crippen molar-refractivity contribution >= 4 is 10.0 Å². The highest BCUT2D eigenvalue weighted by Crippen LogP contribution is 2.35. The van der Waals surface area contributed by atoms with Gasteiger partial charge in [-0.25, -0.2) is 8.42 Å². The number of ether oxygens (including phenoxy) is 1. The minimum Gasteiger partial charge on any atom is -0.465 e. The third-order valence-corrected chi connectivity index (χ3v) is 5.81. The van der Waals surface area contributed by atoms with E-state index in [0.29, 0.717) is 24.0 Å². The highest BCUT2D eigenvalue weighted by atomic mass is 32.2. The van der Waals surface area contributed by atoms with Crippen molar-refractivity contribution in [3.05, 3.63) is 29.3 Å². The van der Waals surface area contributed by atoms with Gasteiger partial charge in [-0.2, -0.15) is 9.29 Å². The van der Waals surface area contributed by atoms with Crippen molar-refractivity contribution in [2.45, 2.75) is 44.7 Å². The van der Waals surface area contributed by atoms with E-state index < -0.39 is 22.2 Å². The molecule has 1 fully saturated rings. The first kappa shape index (κ1) is 16.2. The number of rotatable bonds is 3. The van der Waals surface area contributed by atoms with Gasteiger partial charge in [0.2, 0.25) is 15.9 Å². The SMILES string of the molecule is Cc1noc([C@@H]2[C@@H](C)OCCN2S(=O)(=O)c2cc(C)oc2C)n1. The Balaban J connectivity index is 2.06. The fourth-order valence-corrected chi connectivity index (χ4v) is 4.66. The lowest BCUT2D eigenvalue weighted by Gasteiger charge is -2.36. The number of aryl methyl sites for hydroxylation is 3. The quantitative estimate of drug-likeness (QED) is 0.838. The lowest BCUT2D eigenvalue weighted by atomic mass is 10.1. The Labute approximate surface area is 134 Å². The van der Waals surface area contributed by atoms with Crippen molar-refractivity contribution in [3.63, 3.8) is 0 Å². The summed E-state index contributed by atoms with van der Waals surface area (Å²) in [5.74, 6) is 1.59. The van der Waals surface area contributed by atoms with E-state index in [0.717, 1.165) is 0 Å². The van der Waals surface area contributed by atoms with Crippen molar-refractivity contribution in [3.8, 4) is 0 Å². The van der Waals surface area contributed by atoms with Crippen LogP contribution in [0.2, 0.25) is 0 Å². The van der Waals surface area contributed by atoms with Crippen LogP contribution >= 0.6 is 0 Å². The van der Waals surface area contributed by atoms with Gasteiger partial charge in [-0.3, -0.25) is 0 Å². The Kier molecular flexibility index (Phi) is 4.03. The fourth-order valence-electron chi connectivity index (χ4n) is 2.81. The molecule has 1 aliphatic heterocycles. The average molecular weight is 341 g/mol. The van der Waals surface area contributed by atoms with E-state index in [1.807, 2.05) is 0 Å². The molecule has 8 nitrogen and oxygen atoms in total. The van der Waals surface area contributed by atoms with Gasteiger partial charge in [-0.05, 0) is 33.8 Å². The molecule has 0 bridgehead atoms. The van der Waals surface area contributed by atoms with Crippen LogP contribution in [0.5, 0.6) is 0 Å². The van der Waals surface area contributed by atoms with Crippen molar-refractivity contribution in [2.75, 3.05) is 13.2 Å². The third kappa shape index (κ3) is 2.79. The minimum absolute atomic E-state index is 0.158. The zero-order valence-corrected chi connectivity index (χ0v) is 14.3. The second kappa shape index (κ2) is 5.73. The highest BCUT2D eigenvalue weighted by molar-refractivity contribution is 7.89. The van der Waals surface area contributed by atoms with Crippen LogP contribution in [0.15, 0.2) is 19.9 Å². The number of furan rings is 1. The molecule has 9 heteroatoms. The van der Waals surface area contributed by atoms with Crippen LogP contribution < -0.4 is 0 Å². The van der Waals surface area contributed by atoms with E-state index in [9.17, 15) is 8.42 Å².